The largest absolute Gasteiger partial charge is 0.489 e. The molecule has 0 atom stereocenters. The van der Waals surface area contributed by atoms with Gasteiger partial charge in [0, 0.05) is 11.8 Å². The Morgan fingerprint density at radius 3 is 2.39 bits per heavy atom. The standard InChI is InChI=1S/C24H24N2O4S/c1-18-8-12-21(16-23(18)31(28,29)25-2)26-24(27)15-11-19-9-13-22(14-10-19)30-17-20-6-4-3-5-7-20/h3-16,25H,17H2,1-2H3,(H,26,27)/b15-11+. The molecule has 0 saturated carbocycles. The first-order valence-corrected chi connectivity index (χ1v) is 11.2. The van der Waals surface area contributed by atoms with E-state index in [1.165, 1.54) is 19.2 Å². The van der Waals surface area contributed by atoms with Gasteiger partial charge >= 0.3 is 0 Å². The molecule has 0 aliphatic heterocycles. The summed E-state index contributed by atoms with van der Waals surface area (Å²) in [5.74, 6) is 0.379. The number of carbonyl (C=O) groups excluding carboxylic acids is 1. The van der Waals surface area contributed by atoms with Crippen LogP contribution in [0.3, 0.4) is 0 Å². The topological polar surface area (TPSA) is 84.5 Å². The van der Waals surface area contributed by atoms with Gasteiger partial charge in [0.25, 0.3) is 0 Å². The minimum atomic E-state index is -3.60. The maximum atomic E-state index is 12.2. The van der Waals surface area contributed by atoms with Crippen LogP contribution in [0.1, 0.15) is 16.7 Å². The number of benzene rings is 3. The van der Waals surface area contributed by atoms with E-state index in [0.29, 0.717) is 17.9 Å². The van der Waals surface area contributed by atoms with Crippen molar-refractivity contribution in [2.24, 2.45) is 0 Å². The highest BCUT2D eigenvalue weighted by Crippen LogP contribution is 2.20. The zero-order chi connectivity index (χ0) is 22.3. The van der Waals surface area contributed by atoms with Crippen molar-refractivity contribution in [2.45, 2.75) is 18.4 Å². The van der Waals surface area contributed by atoms with Gasteiger partial charge in [-0.05, 0) is 61.0 Å². The summed E-state index contributed by atoms with van der Waals surface area (Å²) in [7, 11) is -2.25. The van der Waals surface area contributed by atoms with E-state index in [4.69, 9.17) is 4.74 Å². The summed E-state index contributed by atoms with van der Waals surface area (Å²) in [6.45, 7) is 2.18. The van der Waals surface area contributed by atoms with Crippen molar-refractivity contribution in [3.05, 3.63) is 95.6 Å². The Morgan fingerprint density at radius 1 is 1.00 bits per heavy atom. The smallest absolute Gasteiger partial charge is 0.248 e. The number of anilines is 1. The Labute approximate surface area is 182 Å². The van der Waals surface area contributed by atoms with E-state index in [2.05, 4.69) is 10.0 Å². The Hall–Kier alpha value is -3.42. The first-order chi connectivity index (χ1) is 14.9. The SMILES string of the molecule is CNS(=O)(=O)c1cc(NC(=O)/C=C/c2ccc(OCc3ccccc3)cc2)ccc1C. The summed E-state index contributed by atoms with van der Waals surface area (Å²) in [4.78, 5) is 12.4. The number of amides is 1. The van der Waals surface area contributed by atoms with Crippen molar-refractivity contribution in [1.29, 1.82) is 0 Å². The fourth-order valence-electron chi connectivity index (χ4n) is 2.85. The van der Waals surface area contributed by atoms with E-state index in [1.54, 1.807) is 25.1 Å². The van der Waals surface area contributed by atoms with Gasteiger partial charge in [-0.15, -0.1) is 0 Å². The molecule has 0 aliphatic rings. The molecule has 0 spiro atoms. The molecule has 3 aromatic rings. The first kappa shape index (κ1) is 22.3. The van der Waals surface area contributed by atoms with Crippen molar-refractivity contribution in [2.75, 3.05) is 12.4 Å². The summed E-state index contributed by atoms with van der Waals surface area (Å²) >= 11 is 0. The molecule has 0 aromatic heterocycles. The third-order valence-corrected chi connectivity index (χ3v) is 6.13. The van der Waals surface area contributed by atoms with Crippen LogP contribution in [-0.4, -0.2) is 21.4 Å². The van der Waals surface area contributed by atoms with Gasteiger partial charge in [0.15, 0.2) is 0 Å². The summed E-state index contributed by atoms with van der Waals surface area (Å²) in [6, 6.07) is 22.0. The summed E-state index contributed by atoms with van der Waals surface area (Å²) in [5, 5.41) is 2.68. The number of aryl methyl sites for hydroxylation is 1. The van der Waals surface area contributed by atoms with Gasteiger partial charge in [-0.25, -0.2) is 13.1 Å². The Kier molecular flexibility index (Phi) is 7.23. The van der Waals surface area contributed by atoms with Crippen molar-refractivity contribution >= 4 is 27.7 Å². The highest BCUT2D eigenvalue weighted by Gasteiger charge is 2.15. The molecule has 160 valence electrons. The molecule has 0 aliphatic carbocycles. The zero-order valence-electron chi connectivity index (χ0n) is 17.3. The van der Waals surface area contributed by atoms with Crippen LogP contribution in [0.4, 0.5) is 5.69 Å². The second-order valence-corrected chi connectivity index (χ2v) is 8.71. The quantitative estimate of drug-likeness (QED) is 0.520. The normalized spacial score (nSPS) is 11.4. The van der Waals surface area contributed by atoms with Crippen LogP contribution in [0, 0.1) is 6.92 Å². The second kappa shape index (κ2) is 10.1. The lowest BCUT2D eigenvalue weighted by Gasteiger charge is -2.09. The van der Waals surface area contributed by atoms with E-state index in [1.807, 2.05) is 54.6 Å². The molecule has 1 amide bonds. The first-order valence-electron chi connectivity index (χ1n) is 9.67. The molecule has 0 bridgehead atoms. The zero-order valence-corrected chi connectivity index (χ0v) is 18.1. The van der Waals surface area contributed by atoms with Crippen molar-refractivity contribution in [1.82, 2.24) is 4.72 Å². The average molecular weight is 437 g/mol. The second-order valence-electron chi connectivity index (χ2n) is 6.85. The lowest BCUT2D eigenvalue weighted by molar-refractivity contribution is -0.111. The summed E-state index contributed by atoms with van der Waals surface area (Å²) < 4.78 is 32.2. The maximum absolute atomic E-state index is 12.2. The molecular weight excluding hydrogens is 412 g/mol. The van der Waals surface area contributed by atoms with Crippen molar-refractivity contribution < 1.29 is 17.9 Å². The van der Waals surface area contributed by atoms with Crippen LogP contribution in [0.25, 0.3) is 6.08 Å². The van der Waals surface area contributed by atoms with Crippen LogP contribution < -0.4 is 14.8 Å². The van der Waals surface area contributed by atoms with Crippen LogP contribution in [0.5, 0.6) is 5.75 Å². The van der Waals surface area contributed by atoms with Crippen LogP contribution >= 0.6 is 0 Å². The van der Waals surface area contributed by atoms with Crippen molar-refractivity contribution in [3.63, 3.8) is 0 Å². The van der Waals surface area contributed by atoms with Crippen molar-refractivity contribution in [3.8, 4) is 5.75 Å². The molecule has 0 saturated heterocycles. The van der Waals surface area contributed by atoms with E-state index < -0.39 is 10.0 Å². The van der Waals surface area contributed by atoms with E-state index in [-0.39, 0.29) is 10.8 Å². The summed E-state index contributed by atoms with van der Waals surface area (Å²) in [5.41, 5.74) is 2.92. The van der Waals surface area contributed by atoms with E-state index >= 15 is 0 Å². The minimum Gasteiger partial charge on any atom is -0.489 e. The third kappa shape index (κ3) is 6.28. The number of hydrogen-bond donors (Lipinski definition) is 2. The van der Waals surface area contributed by atoms with E-state index in [9.17, 15) is 13.2 Å². The lowest BCUT2D eigenvalue weighted by atomic mass is 10.2. The third-order valence-electron chi connectivity index (χ3n) is 4.57. The average Bonchev–Trinajstić information content (AvgIpc) is 2.79. The molecule has 0 radical (unpaired) electrons. The van der Waals surface area contributed by atoms with Gasteiger partial charge in [0.2, 0.25) is 15.9 Å². The molecular formula is C24H24N2O4S. The molecule has 3 aromatic carbocycles. The van der Waals surface area contributed by atoms with Gasteiger partial charge in [-0.3, -0.25) is 4.79 Å². The van der Waals surface area contributed by atoms with E-state index in [0.717, 1.165) is 16.9 Å². The van der Waals surface area contributed by atoms with Gasteiger partial charge in [0.05, 0.1) is 4.90 Å². The summed E-state index contributed by atoms with van der Waals surface area (Å²) in [6.07, 6.45) is 3.07. The fraction of sp³-hybridized carbons (Fsp3) is 0.125. The minimum absolute atomic E-state index is 0.128. The maximum Gasteiger partial charge on any atom is 0.248 e. The van der Waals surface area contributed by atoms with Gasteiger partial charge in [-0.2, -0.15) is 0 Å². The van der Waals surface area contributed by atoms with Crippen LogP contribution in [0.15, 0.2) is 83.8 Å². The molecule has 2 N–H and O–H groups in total. The molecule has 0 heterocycles. The monoisotopic (exact) mass is 436 g/mol. The molecule has 0 unspecified atom stereocenters. The highest BCUT2D eigenvalue weighted by atomic mass is 32.2. The number of nitrogens with one attached hydrogen (secondary N) is 2. The molecule has 7 heteroatoms. The Morgan fingerprint density at radius 2 is 1.71 bits per heavy atom. The fourth-order valence-corrected chi connectivity index (χ4v) is 3.84. The Bertz CT molecular complexity index is 1170. The molecule has 31 heavy (non-hydrogen) atoms. The predicted molar refractivity (Wildman–Crippen MR) is 122 cm³/mol. The number of hydrogen-bond acceptors (Lipinski definition) is 4. The van der Waals surface area contributed by atoms with Gasteiger partial charge in [0.1, 0.15) is 12.4 Å². The number of ether oxygens (including phenoxy) is 1. The molecule has 0 fully saturated rings. The van der Waals surface area contributed by atoms with Gasteiger partial charge in [-0.1, -0.05) is 48.5 Å². The highest BCUT2D eigenvalue weighted by molar-refractivity contribution is 7.89. The number of sulfonamides is 1. The molecule has 6 nitrogen and oxygen atoms in total. The van der Waals surface area contributed by atoms with Gasteiger partial charge < -0.3 is 10.1 Å². The van der Waals surface area contributed by atoms with Crippen LogP contribution in [0.2, 0.25) is 0 Å². The molecule has 3 rings (SSSR count). The Balaban J connectivity index is 1.59. The number of rotatable bonds is 8. The van der Waals surface area contributed by atoms with Crippen LogP contribution in [-0.2, 0) is 21.4 Å². The predicted octanol–water partition coefficient (Wildman–Crippen LogP) is 4.13. The number of carbonyl (C=O) groups is 1. The lowest BCUT2D eigenvalue weighted by Crippen LogP contribution is -2.20.